The molecular weight excluding hydrogens is 408 g/mol. The number of aryl methyl sites for hydroxylation is 2. The normalized spacial score (nSPS) is 10.7. The topological polar surface area (TPSA) is 8.81 Å². The minimum Gasteiger partial charge on any atom is -1.00 e. The molecule has 0 aliphatic heterocycles. The van der Waals surface area contributed by atoms with E-state index in [1.54, 1.807) is 0 Å². The number of hydrogen-bond acceptors (Lipinski definition) is 0. The first kappa shape index (κ1) is 18.7. The lowest BCUT2D eigenvalue weighted by molar-refractivity contribution is -0.663. The Morgan fingerprint density at radius 2 is 1.46 bits per heavy atom. The zero-order chi connectivity index (χ0) is 17.1. The number of aromatic nitrogens is 2. The van der Waals surface area contributed by atoms with Crippen molar-refractivity contribution >= 4 is 22.6 Å². The first-order chi connectivity index (χ1) is 12.3. The van der Waals surface area contributed by atoms with E-state index in [1.165, 1.54) is 22.2 Å². The zero-order valence-corrected chi connectivity index (χ0v) is 16.7. The molecule has 1 heterocycles. The Hall–Kier alpha value is -2.10. The average Bonchev–Trinajstić information content (AvgIpc) is 3.01. The third-order valence-corrected chi connectivity index (χ3v) is 4.78. The van der Waals surface area contributed by atoms with E-state index >= 15 is 0 Å². The lowest BCUT2D eigenvalue weighted by atomic mass is 10.1. The standard InChI is InChI=1S/C22H20ClN2.BrH/c23-20-12-10-19(11-13-20)16-25-17-24(21-8-4-5-9-22(21)25)15-14-18-6-2-1-3-7-18;/h1-13,17H,14-16H2;1H/q+1;/p-1. The van der Waals surface area contributed by atoms with Crippen LogP contribution in [-0.2, 0) is 19.5 Å². The molecule has 0 amide bonds. The number of halogens is 2. The fraction of sp³-hybridized carbons (Fsp3) is 0.136. The predicted octanol–water partition coefficient (Wildman–Crippen LogP) is 1.88. The SMILES string of the molecule is Clc1ccc(C[n+]2cn(CCc3ccccc3)c3ccccc32)cc1.[Br-]. The van der Waals surface area contributed by atoms with Crippen LogP contribution in [0, 0.1) is 0 Å². The second kappa shape index (κ2) is 8.52. The summed E-state index contributed by atoms with van der Waals surface area (Å²) in [4.78, 5) is 0. The summed E-state index contributed by atoms with van der Waals surface area (Å²) in [7, 11) is 0. The Morgan fingerprint density at radius 1 is 0.769 bits per heavy atom. The molecule has 0 aliphatic carbocycles. The van der Waals surface area contributed by atoms with Crippen LogP contribution in [0.1, 0.15) is 11.1 Å². The van der Waals surface area contributed by atoms with Crippen molar-refractivity contribution in [1.82, 2.24) is 4.57 Å². The Balaban J connectivity index is 0.00000196. The van der Waals surface area contributed by atoms with Gasteiger partial charge >= 0.3 is 0 Å². The van der Waals surface area contributed by atoms with Gasteiger partial charge in [0.25, 0.3) is 0 Å². The summed E-state index contributed by atoms with van der Waals surface area (Å²) >= 11 is 6.00. The number of rotatable bonds is 5. The van der Waals surface area contributed by atoms with Crippen molar-refractivity contribution in [2.75, 3.05) is 0 Å². The number of benzene rings is 3. The van der Waals surface area contributed by atoms with Gasteiger partial charge in [-0.3, -0.25) is 0 Å². The summed E-state index contributed by atoms with van der Waals surface area (Å²) in [6.07, 6.45) is 3.25. The molecule has 3 aromatic carbocycles. The Labute approximate surface area is 169 Å². The summed E-state index contributed by atoms with van der Waals surface area (Å²) in [5, 5.41) is 0.777. The smallest absolute Gasteiger partial charge is 0.245 e. The van der Waals surface area contributed by atoms with E-state index in [4.69, 9.17) is 11.6 Å². The van der Waals surface area contributed by atoms with Crippen LogP contribution in [0.3, 0.4) is 0 Å². The molecule has 2 nitrogen and oxygen atoms in total. The quantitative estimate of drug-likeness (QED) is 0.430. The third kappa shape index (κ3) is 4.17. The molecule has 0 aliphatic rings. The minimum absolute atomic E-state index is 0. The molecule has 0 saturated heterocycles. The van der Waals surface area contributed by atoms with Gasteiger partial charge in [0, 0.05) is 11.4 Å². The Bertz CT molecular complexity index is 978. The molecular formula is C22H20BrClN2. The number of fused-ring (bicyclic) bond motifs is 1. The number of imidazole rings is 1. The van der Waals surface area contributed by atoms with Gasteiger partial charge in [-0.25, -0.2) is 9.13 Å². The van der Waals surface area contributed by atoms with Crippen LogP contribution >= 0.6 is 11.6 Å². The molecule has 0 radical (unpaired) electrons. The van der Waals surface area contributed by atoms with Crippen molar-refractivity contribution in [2.45, 2.75) is 19.5 Å². The van der Waals surface area contributed by atoms with Crippen molar-refractivity contribution in [2.24, 2.45) is 0 Å². The Morgan fingerprint density at radius 3 is 2.23 bits per heavy atom. The second-order valence-corrected chi connectivity index (χ2v) is 6.72. The van der Waals surface area contributed by atoms with Crippen molar-refractivity contribution < 1.29 is 21.5 Å². The fourth-order valence-corrected chi connectivity index (χ4v) is 3.35. The minimum atomic E-state index is 0. The van der Waals surface area contributed by atoms with E-state index in [-0.39, 0.29) is 17.0 Å². The molecule has 0 unspecified atom stereocenters. The van der Waals surface area contributed by atoms with Gasteiger partial charge in [0.2, 0.25) is 6.33 Å². The second-order valence-electron chi connectivity index (χ2n) is 6.29. The number of hydrogen-bond donors (Lipinski definition) is 0. The van der Waals surface area contributed by atoms with Gasteiger partial charge in [-0.1, -0.05) is 66.2 Å². The molecule has 0 atom stereocenters. The van der Waals surface area contributed by atoms with Crippen LogP contribution < -0.4 is 21.5 Å². The molecule has 0 saturated carbocycles. The lowest BCUT2D eigenvalue weighted by Gasteiger charge is -1.99. The van der Waals surface area contributed by atoms with Gasteiger partial charge in [-0.05, 0) is 35.4 Å². The molecule has 4 rings (SSSR count). The summed E-state index contributed by atoms with van der Waals surface area (Å²) < 4.78 is 4.65. The molecule has 4 aromatic rings. The summed E-state index contributed by atoms with van der Waals surface area (Å²) in [5.41, 5.74) is 5.14. The molecule has 1 aromatic heterocycles. The van der Waals surface area contributed by atoms with E-state index in [1.807, 2.05) is 12.1 Å². The third-order valence-electron chi connectivity index (χ3n) is 4.53. The maximum Gasteiger partial charge on any atom is 0.245 e. The van der Waals surface area contributed by atoms with Crippen molar-refractivity contribution in [3.05, 3.63) is 101 Å². The molecule has 0 spiro atoms. The summed E-state index contributed by atoms with van der Waals surface area (Å²) in [6.45, 7) is 1.81. The lowest BCUT2D eigenvalue weighted by Crippen LogP contribution is -3.00. The van der Waals surface area contributed by atoms with E-state index in [2.05, 4.69) is 82.2 Å². The van der Waals surface area contributed by atoms with E-state index < -0.39 is 0 Å². The molecule has 0 N–H and O–H groups in total. The monoisotopic (exact) mass is 426 g/mol. The number of nitrogens with zero attached hydrogens (tertiary/aromatic N) is 2. The van der Waals surface area contributed by atoms with Crippen LogP contribution in [0.25, 0.3) is 11.0 Å². The van der Waals surface area contributed by atoms with Crippen LogP contribution in [0.2, 0.25) is 5.02 Å². The summed E-state index contributed by atoms with van der Waals surface area (Å²) in [6, 6.07) is 27.3. The van der Waals surface area contributed by atoms with Gasteiger partial charge in [-0.2, -0.15) is 0 Å². The van der Waals surface area contributed by atoms with Crippen LogP contribution in [0.4, 0.5) is 0 Å². The first-order valence-electron chi connectivity index (χ1n) is 8.55. The van der Waals surface area contributed by atoms with Crippen LogP contribution in [0.15, 0.2) is 85.2 Å². The Kier molecular flexibility index (Phi) is 6.12. The van der Waals surface area contributed by atoms with Crippen molar-refractivity contribution in [3.8, 4) is 0 Å². The van der Waals surface area contributed by atoms with E-state index in [0.29, 0.717) is 0 Å². The maximum atomic E-state index is 6.00. The molecule has 26 heavy (non-hydrogen) atoms. The fourth-order valence-electron chi connectivity index (χ4n) is 3.23. The first-order valence-corrected chi connectivity index (χ1v) is 8.93. The molecule has 132 valence electrons. The van der Waals surface area contributed by atoms with Gasteiger partial charge in [0.15, 0.2) is 11.0 Å². The van der Waals surface area contributed by atoms with Crippen LogP contribution in [0.5, 0.6) is 0 Å². The van der Waals surface area contributed by atoms with Crippen molar-refractivity contribution in [3.63, 3.8) is 0 Å². The van der Waals surface area contributed by atoms with E-state index in [9.17, 15) is 0 Å². The van der Waals surface area contributed by atoms with Gasteiger partial charge in [0.1, 0.15) is 6.54 Å². The van der Waals surface area contributed by atoms with Crippen LogP contribution in [-0.4, -0.2) is 4.57 Å². The highest BCUT2D eigenvalue weighted by molar-refractivity contribution is 6.30. The average molecular weight is 428 g/mol. The van der Waals surface area contributed by atoms with Gasteiger partial charge in [0.05, 0.1) is 6.54 Å². The highest BCUT2D eigenvalue weighted by Crippen LogP contribution is 2.14. The number of para-hydroxylation sites is 2. The zero-order valence-electron chi connectivity index (χ0n) is 14.4. The molecule has 0 fully saturated rings. The van der Waals surface area contributed by atoms with Gasteiger partial charge in [-0.15, -0.1) is 0 Å². The largest absolute Gasteiger partial charge is 1.00 e. The highest BCUT2D eigenvalue weighted by Gasteiger charge is 2.15. The summed E-state index contributed by atoms with van der Waals surface area (Å²) in [5.74, 6) is 0. The van der Waals surface area contributed by atoms with Gasteiger partial charge < -0.3 is 17.0 Å². The maximum absolute atomic E-state index is 6.00. The van der Waals surface area contributed by atoms with Crippen molar-refractivity contribution in [1.29, 1.82) is 0 Å². The highest BCUT2D eigenvalue weighted by atomic mass is 79.9. The molecule has 4 heteroatoms. The van der Waals surface area contributed by atoms with E-state index in [0.717, 1.165) is 24.5 Å². The molecule has 0 bridgehead atoms. The predicted molar refractivity (Wildman–Crippen MR) is 103 cm³/mol.